The molecular formula is C13H23N3O3. The highest BCUT2D eigenvalue weighted by Gasteiger charge is 2.46. The average molecular weight is 269 g/mol. The molecule has 6 heteroatoms. The lowest BCUT2D eigenvalue weighted by molar-refractivity contribution is -0.126. The molecule has 2 aliphatic heterocycles. The molecule has 1 atom stereocenters. The Labute approximate surface area is 114 Å². The molecule has 2 aliphatic rings. The molecule has 2 fully saturated rings. The number of imide groups is 1. The summed E-state index contributed by atoms with van der Waals surface area (Å²) in [6.45, 7) is 10.7. The van der Waals surface area contributed by atoms with Gasteiger partial charge in [-0.15, -0.1) is 0 Å². The first kappa shape index (κ1) is 14.3. The van der Waals surface area contributed by atoms with Crippen molar-refractivity contribution in [2.75, 3.05) is 26.2 Å². The Bertz CT molecular complexity index is 381. The van der Waals surface area contributed by atoms with Crippen LogP contribution in [0.4, 0.5) is 4.79 Å². The zero-order chi connectivity index (χ0) is 14.2. The number of nitrogens with one attached hydrogen (secondary N) is 1. The largest absolute Gasteiger partial charge is 0.374 e. The second-order valence-electron chi connectivity index (χ2n) is 6.01. The number of morpholine rings is 1. The van der Waals surface area contributed by atoms with Crippen molar-refractivity contribution in [1.29, 1.82) is 0 Å². The van der Waals surface area contributed by atoms with Crippen LogP contribution < -0.4 is 5.32 Å². The van der Waals surface area contributed by atoms with E-state index in [2.05, 4.69) is 24.1 Å². The zero-order valence-electron chi connectivity index (χ0n) is 12.1. The van der Waals surface area contributed by atoms with Gasteiger partial charge in [0.15, 0.2) is 0 Å². The van der Waals surface area contributed by atoms with Crippen LogP contribution in [0.25, 0.3) is 0 Å². The highest BCUT2D eigenvalue weighted by atomic mass is 16.5. The van der Waals surface area contributed by atoms with Crippen molar-refractivity contribution in [2.45, 2.75) is 45.4 Å². The fourth-order valence-electron chi connectivity index (χ4n) is 2.53. The predicted octanol–water partition coefficient (Wildman–Crippen LogP) is 0.426. The van der Waals surface area contributed by atoms with Crippen molar-refractivity contribution in [3.8, 4) is 0 Å². The third-order valence-electron chi connectivity index (χ3n) is 3.98. The molecule has 2 rings (SSSR count). The van der Waals surface area contributed by atoms with Gasteiger partial charge < -0.3 is 9.64 Å². The van der Waals surface area contributed by atoms with Crippen molar-refractivity contribution in [3.63, 3.8) is 0 Å². The average Bonchev–Trinajstić information content (AvgIpc) is 2.52. The maximum atomic E-state index is 11.8. The number of rotatable bonds is 3. The van der Waals surface area contributed by atoms with Gasteiger partial charge in [-0.2, -0.15) is 0 Å². The van der Waals surface area contributed by atoms with Gasteiger partial charge in [0.25, 0.3) is 5.91 Å². The van der Waals surface area contributed by atoms with E-state index in [1.165, 1.54) is 0 Å². The SMILES string of the molecule is CC(C)N1CCOC(CN2C(=O)NC(=O)C2(C)C)C1. The first-order valence-corrected chi connectivity index (χ1v) is 6.81. The standard InChI is InChI=1S/C13H23N3O3/c1-9(2)15-5-6-19-10(7-15)8-16-12(18)14-11(17)13(16,3)4/h9-10H,5-8H2,1-4H3,(H,14,17,18). The Balaban J connectivity index is 2.01. The number of hydrogen-bond donors (Lipinski definition) is 1. The van der Waals surface area contributed by atoms with Crippen LogP contribution in [0.2, 0.25) is 0 Å². The van der Waals surface area contributed by atoms with Crippen molar-refractivity contribution < 1.29 is 14.3 Å². The molecule has 0 bridgehead atoms. The van der Waals surface area contributed by atoms with E-state index in [-0.39, 0.29) is 18.0 Å². The molecule has 0 radical (unpaired) electrons. The molecule has 0 aromatic heterocycles. The third-order valence-corrected chi connectivity index (χ3v) is 3.98. The maximum Gasteiger partial charge on any atom is 0.325 e. The van der Waals surface area contributed by atoms with Gasteiger partial charge in [-0.25, -0.2) is 4.79 Å². The van der Waals surface area contributed by atoms with Gasteiger partial charge >= 0.3 is 6.03 Å². The second kappa shape index (κ2) is 5.09. The number of hydrogen-bond acceptors (Lipinski definition) is 4. The van der Waals surface area contributed by atoms with Crippen LogP contribution in [-0.4, -0.2) is 65.7 Å². The summed E-state index contributed by atoms with van der Waals surface area (Å²) in [6, 6.07) is 0.147. The van der Waals surface area contributed by atoms with Crippen LogP contribution >= 0.6 is 0 Å². The third kappa shape index (κ3) is 2.74. The van der Waals surface area contributed by atoms with E-state index >= 15 is 0 Å². The lowest BCUT2D eigenvalue weighted by Gasteiger charge is -2.38. The fraction of sp³-hybridized carbons (Fsp3) is 0.846. The molecule has 19 heavy (non-hydrogen) atoms. The Morgan fingerprint density at radius 1 is 1.42 bits per heavy atom. The van der Waals surface area contributed by atoms with E-state index in [9.17, 15) is 9.59 Å². The van der Waals surface area contributed by atoms with Gasteiger partial charge in [0.2, 0.25) is 0 Å². The van der Waals surface area contributed by atoms with Crippen LogP contribution in [0.1, 0.15) is 27.7 Å². The Morgan fingerprint density at radius 2 is 2.11 bits per heavy atom. The van der Waals surface area contributed by atoms with E-state index in [4.69, 9.17) is 4.74 Å². The van der Waals surface area contributed by atoms with Gasteiger partial charge in [0.1, 0.15) is 5.54 Å². The topological polar surface area (TPSA) is 61.9 Å². The molecule has 1 N–H and O–H groups in total. The number of ether oxygens (including phenoxy) is 1. The first-order chi connectivity index (χ1) is 8.82. The summed E-state index contributed by atoms with van der Waals surface area (Å²) < 4.78 is 5.72. The summed E-state index contributed by atoms with van der Waals surface area (Å²) in [6.07, 6.45) is -0.0351. The molecule has 0 aromatic rings. The van der Waals surface area contributed by atoms with Gasteiger partial charge in [-0.1, -0.05) is 0 Å². The van der Waals surface area contributed by atoms with Crippen LogP contribution in [0.5, 0.6) is 0 Å². The van der Waals surface area contributed by atoms with E-state index in [0.717, 1.165) is 13.1 Å². The molecule has 0 spiro atoms. The Hall–Kier alpha value is -1.14. The summed E-state index contributed by atoms with van der Waals surface area (Å²) in [5.41, 5.74) is -0.791. The monoisotopic (exact) mass is 269 g/mol. The number of urea groups is 1. The second-order valence-corrected chi connectivity index (χ2v) is 6.01. The van der Waals surface area contributed by atoms with Crippen molar-refractivity contribution in [3.05, 3.63) is 0 Å². The fourth-order valence-corrected chi connectivity index (χ4v) is 2.53. The minimum Gasteiger partial charge on any atom is -0.374 e. The van der Waals surface area contributed by atoms with E-state index in [0.29, 0.717) is 19.2 Å². The molecule has 1 unspecified atom stereocenters. The highest BCUT2D eigenvalue weighted by Crippen LogP contribution is 2.22. The van der Waals surface area contributed by atoms with Crippen molar-refractivity contribution in [2.24, 2.45) is 0 Å². The van der Waals surface area contributed by atoms with Gasteiger partial charge in [0.05, 0.1) is 19.3 Å². The quantitative estimate of drug-likeness (QED) is 0.755. The Kier molecular flexibility index (Phi) is 3.82. The molecule has 6 nitrogen and oxygen atoms in total. The maximum absolute atomic E-state index is 11.8. The van der Waals surface area contributed by atoms with Crippen LogP contribution in [0.3, 0.4) is 0 Å². The molecule has 0 aromatic carbocycles. The predicted molar refractivity (Wildman–Crippen MR) is 70.8 cm³/mol. The normalized spacial score (nSPS) is 28.1. The van der Waals surface area contributed by atoms with E-state index in [1.807, 2.05) is 0 Å². The van der Waals surface area contributed by atoms with Crippen molar-refractivity contribution in [1.82, 2.24) is 15.1 Å². The number of nitrogens with zero attached hydrogens (tertiary/aromatic N) is 2. The molecule has 108 valence electrons. The molecule has 0 aliphatic carbocycles. The summed E-state index contributed by atoms with van der Waals surface area (Å²) in [4.78, 5) is 27.4. The van der Waals surface area contributed by atoms with Crippen LogP contribution in [-0.2, 0) is 9.53 Å². The summed E-state index contributed by atoms with van der Waals surface area (Å²) in [5.74, 6) is -0.242. The van der Waals surface area contributed by atoms with E-state index < -0.39 is 5.54 Å². The summed E-state index contributed by atoms with van der Waals surface area (Å²) in [5, 5.41) is 2.36. The lowest BCUT2D eigenvalue weighted by atomic mass is 10.0. The van der Waals surface area contributed by atoms with Crippen molar-refractivity contribution >= 4 is 11.9 Å². The summed E-state index contributed by atoms with van der Waals surface area (Å²) >= 11 is 0. The number of carbonyl (C=O) groups is 2. The number of amides is 3. The molecule has 0 saturated carbocycles. The smallest absolute Gasteiger partial charge is 0.325 e. The van der Waals surface area contributed by atoms with Gasteiger partial charge in [0, 0.05) is 19.1 Å². The first-order valence-electron chi connectivity index (χ1n) is 6.81. The minimum absolute atomic E-state index is 0.0351. The van der Waals surface area contributed by atoms with Gasteiger partial charge in [-0.3, -0.25) is 15.0 Å². The highest BCUT2D eigenvalue weighted by molar-refractivity contribution is 6.06. The number of carbonyl (C=O) groups excluding carboxylic acids is 2. The summed E-state index contributed by atoms with van der Waals surface area (Å²) in [7, 11) is 0. The molecule has 2 heterocycles. The molecular weight excluding hydrogens is 246 g/mol. The Morgan fingerprint density at radius 3 is 2.63 bits per heavy atom. The lowest BCUT2D eigenvalue weighted by Crippen LogP contribution is -2.53. The zero-order valence-corrected chi connectivity index (χ0v) is 12.1. The van der Waals surface area contributed by atoms with Crippen LogP contribution in [0, 0.1) is 0 Å². The molecule has 3 amide bonds. The van der Waals surface area contributed by atoms with Gasteiger partial charge in [-0.05, 0) is 27.7 Å². The van der Waals surface area contributed by atoms with Crippen LogP contribution in [0.15, 0.2) is 0 Å². The van der Waals surface area contributed by atoms with E-state index in [1.54, 1.807) is 18.7 Å². The minimum atomic E-state index is -0.791. The molecule has 2 saturated heterocycles.